The fourth-order valence-electron chi connectivity index (χ4n) is 2.44. The van der Waals surface area contributed by atoms with Crippen LogP contribution in [-0.4, -0.2) is 31.4 Å². The van der Waals surface area contributed by atoms with Gasteiger partial charge in [-0.3, -0.25) is 9.59 Å². The molecule has 0 radical (unpaired) electrons. The molecule has 0 saturated carbocycles. The summed E-state index contributed by atoms with van der Waals surface area (Å²) in [5.41, 5.74) is 1.64. The molecule has 1 heterocycles. The van der Waals surface area contributed by atoms with Crippen molar-refractivity contribution < 1.29 is 9.59 Å². The van der Waals surface area contributed by atoms with Crippen LogP contribution in [0.1, 0.15) is 35.7 Å². The summed E-state index contributed by atoms with van der Waals surface area (Å²) in [5.74, 6) is 0.436. The number of hydrogen-bond acceptors (Lipinski definition) is 3. The molecule has 122 valence electrons. The van der Waals surface area contributed by atoms with E-state index in [1.807, 2.05) is 12.1 Å². The molecule has 6 heteroatoms. The maximum atomic E-state index is 12.1. The molecule has 0 aromatic heterocycles. The van der Waals surface area contributed by atoms with Crippen molar-refractivity contribution in [1.82, 2.24) is 16.0 Å². The van der Waals surface area contributed by atoms with Crippen LogP contribution in [0.5, 0.6) is 0 Å². The first-order valence-corrected chi connectivity index (χ1v) is 7.47. The minimum absolute atomic E-state index is 0. The Morgan fingerprint density at radius 1 is 1.23 bits per heavy atom. The minimum atomic E-state index is -0.0575. The van der Waals surface area contributed by atoms with Gasteiger partial charge in [0.2, 0.25) is 5.91 Å². The Balaban J connectivity index is 0.00000242. The van der Waals surface area contributed by atoms with E-state index < -0.39 is 0 Å². The number of hydrogen-bond donors (Lipinski definition) is 3. The van der Waals surface area contributed by atoms with Crippen molar-refractivity contribution in [3.05, 3.63) is 35.4 Å². The number of carbonyl (C=O) groups excluding carboxylic acids is 2. The third-order valence-electron chi connectivity index (χ3n) is 3.71. The molecule has 1 atom stereocenters. The van der Waals surface area contributed by atoms with Crippen molar-refractivity contribution in [3.8, 4) is 0 Å². The van der Waals surface area contributed by atoms with Gasteiger partial charge in [0.15, 0.2) is 0 Å². The molecule has 0 bridgehead atoms. The van der Waals surface area contributed by atoms with Gasteiger partial charge in [-0.15, -0.1) is 12.4 Å². The monoisotopic (exact) mass is 325 g/mol. The summed E-state index contributed by atoms with van der Waals surface area (Å²) in [7, 11) is 0. The van der Waals surface area contributed by atoms with E-state index >= 15 is 0 Å². The lowest BCUT2D eigenvalue weighted by Crippen LogP contribution is -2.38. The van der Waals surface area contributed by atoms with Gasteiger partial charge in [-0.1, -0.05) is 12.1 Å². The van der Waals surface area contributed by atoms with Crippen LogP contribution in [0.2, 0.25) is 0 Å². The van der Waals surface area contributed by atoms with Gasteiger partial charge >= 0.3 is 0 Å². The molecule has 5 nitrogen and oxygen atoms in total. The fourth-order valence-corrected chi connectivity index (χ4v) is 2.44. The van der Waals surface area contributed by atoms with Crippen LogP contribution in [0.3, 0.4) is 0 Å². The van der Waals surface area contributed by atoms with Crippen molar-refractivity contribution in [2.75, 3.05) is 19.6 Å². The van der Waals surface area contributed by atoms with Crippen LogP contribution in [-0.2, 0) is 11.3 Å². The highest BCUT2D eigenvalue weighted by Crippen LogP contribution is 2.09. The van der Waals surface area contributed by atoms with Crippen LogP contribution in [0, 0.1) is 5.92 Å². The molecule has 1 aliphatic heterocycles. The number of benzene rings is 1. The molecule has 1 aliphatic rings. The number of rotatable bonds is 5. The minimum Gasteiger partial charge on any atom is -0.352 e. The first-order valence-electron chi connectivity index (χ1n) is 7.47. The first kappa shape index (κ1) is 18.5. The summed E-state index contributed by atoms with van der Waals surface area (Å²) in [4.78, 5) is 22.9. The molecule has 2 amide bonds. The fraction of sp³-hybridized carbons (Fsp3) is 0.500. The zero-order chi connectivity index (χ0) is 15.1. The number of halogens is 1. The van der Waals surface area contributed by atoms with Crippen molar-refractivity contribution in [3.63, 3.8) is 0 Å². The second-order valence-electron chi connectivity index (χ2n) is 5.53. The zero-order valence-electron chi connectivity index (χ0n) is 12.9. The highest BCUT2D eigenvalue weighted by molar-refractivity contribution is 5.94. The van der Waals surface area contributed by atoms with Crippen molar-refractivity contribution in [1.29, 1.82) is 0 Å². The quantitative estimate of drug-likeness (QED) is 0.768. The van der Waals surface area contributed by atoms with Crippen LogP contribution in [0.4, 0.5) is 0 Å². The Morgan fingerprint density at radius 2 is 1.95 bits per heavy atom. The van der Waals surface area contributed by atoms with E-state index in [1.54, 1.807) is 12.1 Å². The Bertz CT molecular complexity index is 485. The molecule has 0 aliphatic carbocycles. The van der Waals surface area contributed by atoms with Crippen LogP contribution in [0.25, 0.3) is 0 Å². The second-order valence-corrected chi connectivity index (χ2v) is 5.53. The Kier molecular flexibility index (Phi) is 7.91. The lowest BCUT2D eigenvalue weighted by molar-refractivity contribution is -0.119. The van der Waals surface area contributed by atoms with Gasteiger partial charge in [-0.05, 0) is 49.5 Å². The van der Waals surface area contributed by atoms with E-state index in [2.05, 4.69) is 16.0 Å². The van der Waals surface area contributed by atoms with Gasteiger partial charge in [0.05, 0.1) is 0 Å². The largest absolute Gasteiger partial charge is 0.352 e. The molecule has 1 unspecified atom stereocenters. The molecular formula is C16H24ClN3O2. The third kappa shape index (κ3) is 6.03. The van der Waals surface area contributed by atoms with Crippen LogP contribution >= 0.6 is 12.4 Å². The highest BCUT2D eigenvalue weighted by atomic mass is 35.5. The molecule has 3 N–H and O–H groups in total. The highest BCUT2D eigenvalue weighted by Gasteiger charge is 2.14. The Labute approximate surface area is 137 Å². The number of amides is 2. The van der Waals surface area contributed by atoms with Gasteiger partial charge in [0.1, 0.15) is 0 Å². The van der Waals surface area contributed by atoms with Gasteiger partial charge in [0.25, 0.3) is 5.91 Å². The summed E-state index contributed by atoms with van der Waals surface area (Å²) < 4.78 is 0. The zero-order valence-corrected chi connectivity index (χ0v) is 13.7. The molecule has 0 spiro atoms. The van der Waals surface area contributed by atoms with Crippen molar-refractivity contribution >= 4 is 24.2 Å². The van der Waals surface area contributed by atoms with E-state index in [1.165, 1.54) is 19.8 Å². The summed E-state index contributed by atoms with van der Waals surface area (Å²) >= 11 is 0. The summed E-state index contributed by atoms with van der Waals surface area (Å²) in [6.45, 7) is 4.77. The standard InChI is InChI=1S/C16H23N3O2.ClH/c1-12(20)18-10-13-4-6-15(7-5-13)16(21)19-11-14-3-2-8-17-9-14;/h4-7,14,17H,2-3,8-11H2,1H3,(H,18,20)(H,19,21);1H. The molecule has 2 rings (SSSR count). The lowest BCUT2D eigenvalue weighted by atomic mass is 9.99. The SMILES string of the molecule is CC(=O)NCc1ccc(C(=O)NCC2CCCNC2)cc1.Cl. The third-order valence-corrected chi connectivity index (χ3v) is 3.71. The summed E-state index contributed by atoms with van der Waals surface area (Å²) in [6.07, 6.45) is 2.35. The van der Waals surface area contributed by atoms with E-state index in [-0.39, 0.29) is 24.2 Å². The topological polar surface area (TPSA) is 70.2 Å². The first-order chi connectivity index (χ1) is 10.1. The van der Waals surface area contributed by atoms with Gasteiger partial charge in [0, 0.05) is 25.6 Å². The summed E-state index contributed by atoms with van der Waals surface area (Å²) in [6, 6.07) is 7.33. The lowest BCUT2D eigenvalue weighted by Gasteiger charge is -2.22. The van der Waals surface area contributed by atoms with Crippen molar-refractivity contribution in [2.24, 2.45) is 5.92 Å². The maximum absolute atomic E-state index is 12.1. The molecule has 1 aromatic carbocycles. The van der Waals surface area contributed by atoms with E-state index in [9.17, 15) is 9.59 Å². The predicted molar refractivity (Wildman–Crippen MR) is 89.1 cm³/mol. The maximum Gasteiger partial charge on any atom is 0.251 e. The number of carbonyl (C=O) groups is 2. The molecule has 1 fully saturated rings. The molecule has 1 saturated heterocycles. The van der Waals surface area contributed by atoms with E-state index in [4.69, 9.17) is 0 Å². The number of nitrogens with one attached hydrogen (secondary N) is 3. The molecule has 22 heavy (non-hydrogen) atoms. The Hall–Kier alpha value is -1.59. The smallest absolute Gasteiger partial charge is 0.251 e. The molecule has 1 aromatic rings. The average molecular weight is 326 g/mol. The predicted octanol–water partition coefficient (Wildman–Crippen LogP) is 1.47. The van der Waals surface area contributed by atoms with Gasteiger partial charge < -0.3 is 16.0 Å². The van der Waals surface area contributed by atoms with Gasteiger partial charge in [-0.25, -0.2) is 0 Å². The Morgan fingerprint density at radius 3 is 2.55 bits per heavy atom. The van der Waals surface area contributed by atoms with E-state index in [0.29, 0.717) is 18.0 Å². The number of piperidine rings is 1. The van der Waals surface area contributed by atoms with E-state index in [0.717, 1.165) is 25.2 Å². The molecular weight excluding hydrogens is 302 g/mol. The average Bonchev–Trinajstić information content (AvgIpc) is 2.52. The second kappa shape index (κ2) is 9.43. The van der Waals surface area contributed by atoms with Crippen LogP contribution in [0.15, 0.2) is 24.3 Å². The normalized spacial score (nSPS) is 17.2. The summed E-state index contributed by atoms with van der Waals surface area (Å²) in [5, 5.41) is 9.07. The van der Waals surface area contributed by atoms with Crippen molar-refractivity contribution in [2.45, 2.75) is 26.3 Å². The van der Waals surface area contributed by atoms with Gasteiger partial charge in [-0.2, -0.15) is 0 Å². The van der Waals surface area contributed by atoms with Crippen LogP contribution < -0.4 is 16.0 Å².